The zero-order valence-electron chi connectivity index (χ0n) is 10.6. The van der Waals surface area contributed by atoms with E-state index in [2.05, 4.69) is 10.1 Å². The Bertz CT molecular complexity index is 565. The molecule has 1 aliphatic heterocycles. The Hall–Kier alpha value is -1.75. The molecular formula is C14H16FN3O. The molecule has 0 saturated heterocycles. The summed E-state index contributed by atoms with van der Waals surface area (Å²) < 4.78 is 14.7. The van der Waals surface area contributed by atoms with Gasteiger partial charge in [0.25, 0.3) is 0 Å². The summed E-state index contributed by atoms with van der Waals surface area (Å²) in [6.45, 7) is 0.104. The summed E-state index contributed by atoms with van der Waals surface area (Å²) in [7, 11) is 0. The minimum absolute atomic E-state index is 0.0539. The average Bonchev–Trinajstić information content (AvgIpc) is 2.83. The van der Waals surface area contributed by atoms with E-state index in [0.717, 1.165) is 36.5 Å². The van der Waals surface area contributed by atoms with Crippen molar-refractivity contribution in [2.75, 3.05) is 6.61 Å². The first-order valence-electron chi connectivity index (χ1n) is 6.56. The molecule has 1 aromatic carbocycles. The van der Waals surface area contributed by atoms with E-state index in [1.165, 1.54) is 12.1 Å². The first kappa shape index (κ1) is 12.3. The maximum atomic E-state index is 12.8. The summed E-state index contributed by atoms with van der Waals surface area (Å²) >= 11 is 0. The molecule has 0 bridgehead atoms. The van der Waals surface area contributed by atoms with Crippen molar-refractivity contribution in [1.82, 2.24) is 14.8 Å². The Morgan fingerprint density at radius 3 is 2.84 bits per heavy atom. The maximum Gasteiger partial charge on any atom is 0.155 e. The molecule has 19 heavy (non-hydrogen) atoms. The van der Waals surface area contributed by atoms with Gasteiger partial charge < -0.3 is 5.11 Å². The van der Waals surface area contributed by atoms with E-state index in [4.69, 9.17) is 0 Å². The average molecular weight is 261 g/mol. The molecule has 0 amide bonds. The first-order valence-corrected chi connectivity index (χ1v) is 6.56. The SMILES string of the molecule is OCC1CCCc2nc(Cc3ccc(F)cc3)nn21. The van der Waals surface area contributed by atoms with Crippen molar-refractivity contribution in [3.8, 4) is 0 Å². The van der Waals surface area contributed by atoms with Crippen molar-refractivity contribution in [2.45, 2.75) is 31.7 Å². The lowest BCUT2D eigenvalue weighted by Gasteiger charge is -2.20. The van der Waals surface area contributed by atoms with Crippen LogP contribution in [0.2, 0.25) is 0 Å². The van der Waals surface area contributed by atoms with Gasteiger partial charge in [0.05, 0.1) is 12.6 Å². The standard InChI is InChI=1S/C14H16FN3O/c15-11-6-4-10(5-7-11)8-13-16-14-3-1-2-12(9-19)18(14)17-13/h4-7,12,19H,1-3,8-9H2. The number of benzene rings is 1. The second-order valence-electron chi connectivity index (χ2n) is 4.92. The summed E-state index contributed by atoms with van der Waals surface area (Å²) in [6, 6.07) is 6.44. The maximum absolute atomic E-state index is 12.8. The Labute approximate surface area is 110 Å². The molecule has 2 aromatic rings. The molecule has 1 aliphatic rings. The minimum Gasteiger partial charge on any atom is -0.394 e. The molecule has 0 fully saturated rings. The van der Waals surface area contributed by atoms with Crippen LogP contribution in [0.4, 0.5) is 4.39 Å². The van der Waals surface area contributed by atoms with Crippen LogP contribution in [0.3, 0.4) is 0 Å². The molecule has 1 atom stereocenters. The molecule has 1 N–H and O–H groups in total. The highest BCUT2D eigenvalue weighted by molar-refractivity contribution is 5.20. The Morgan fingerprint density at radius 2 is 2.11 bits per heavy atom. The first-order chi connectivity index (χ1) is 9.26. The van der Waals surface area contributed by atoms with Crippen LogP contribution < -0.4 is 0 Å². The van der Waals surface area contributed by atoms with Gasteiger partial charge in [-0.25, -0.2) is 14.1 Å². The number of aliphatic hydroxyl groups excluding tert-OH is 1. The van der Waals surface area contributed by atoms with Gasteiger partial charge in [-0.3, -0.25) is 0 Å². The normalized spacial score (nSPS) is 18.3. The number of aliphatic hydroxyl groups is 1. The predicted molar refractivity (Wildman–Crippen MR) is 68.3 cm³/mol. The van der Waals surface area contributed by atoms with Crippen molar-refractivity contribution < 1.29 is 9.50 Å². The van der Waals surface area contributed by atoms with Gasteiger partial charge in [0.2, 0.25) is 0 Å². The molecule has 4 nitrogen and oxygen atoms in total. The zero-order valence-corrected chi connectivity index (χ0v) is 10.6. The Kier molecular flexibility index (Phi) is 3.29. The number of aromatic nitrogens is 3. The lowest BCUT2D eigenvalue weighted by Crippen LogP contribution is -2.22. The molecule has 5 heteroatoms. The lowest BCUT2D eigenvalue weighted by atomic mass is 10.1. The van der Waals surface area contributed by atoms with Gasteiger partial charge in [-0.05, 0) is 30.5 Å². The highest BCUT2D eigenvalue weighted by Gasteiger charge is 2.22. The number of rotatable bonds is 3. The molecular weight excluding hydrogens is 245 g/mol. The molecule has 0 radical (unpaired) electrons. The van der Waals surface area contributed by atoms with E-state index in [1.807, 2.05) is 4.68 Å². The number of halogens is 1. The fourth-order valence-electron chi connectivity index (χ4n) is 2.51. The second kappa shape index (κ2) is 5.09. The van der Waals surface area contributed by atoms with E-state index < -0.39 is 0 Å². The third kappa shape index (κ3) is 2.51. The molecule has 0 spiro atoms. The van der Waals surface area contributed by atoms with Crippen molar-refractivity contribution in [3.63, 3.8) is 0 Å². The fraction of sp³-hybridized carbons (Fsp3) is 0.429. The van der Waals surface area contributed by atoms with Gasteiger partial charge in [0, 0.05) is 12.8 Å². The number of aryl methyl sites for hydroxylation is 1. The Morgan fingerprint density at radius 1 is 1.32 bits per heavy atom. The van der Waals surface area contributed by atoms with Crippen LogP contribution in [0.5, 0.6) is 0 Å². The van der Waals surface area contributed by atoms with Crippen molar-refractivity contribution in [3.05, 3.63) is 47.3 Å². The minimum atomic E-state index is -0.235. The fourth-order valence-corrected chi connectivity index (χ4v) is 2.51. The summed E-state index contributed by atoms with van der Waals surface area (Å²) in [5, 5.41) is 13.8. The lowest BCUT2D eigenvalue weighted by molar-refractivity contribution is 0.195. The number of hydrogen-bond acceptors (Lipinski definition) is 3. The number of hydrogen-bond donors (Lipinski definition) is 1. The summed E-state index contributed by atoms with van der Waals surface area (Å²) in [6.07, 6.45) is 3.49. The molecule has 100 valence electrons. The summed E-state index contributed by atoms with van der Waals surface area (Å²) in [4.78, 5) is 4.51. The molecule has 0 aliphatic carbocycles. The van der Waals surface area contributed by atoms with Crippen LogP contribution in [0.15, 0.2) is 24.3 Å². The molecule has 1 unspecified atom stereocenters. The van der Waals surface area contributed by atoms with Crippen LogP contribution in [0.25, 0.3) is 0 Å². The summed E-state index contributed by atoms with van der Waals surface area (Å²) in [5.74, 6) is 1.45. The smallest absolute Gasteiger partial charge is 0.155 e. The summed E-state index contributed by atoms with van der Waals surface area (Å²) in [5.41, 5.74) is 0.991. The van der Waals surface area contributed by atoms with Gasteiger partial charge in [0.15, 0.2) is 5.82 Å². The highest BCUT2D eigenvalue weighted by Crippen LogP contribution is 2.23. The molecule has 2 heterocycles. The third-order valence-electron chi connectivity index (χ3n) is 3.52. The number of fused-ring (bicyclic) bond motifs is 1. The van der Waals surface area contributed by atoms with Gasteiger partial charge in [-0.1, -0.05) is 12.1 Å². The van der Waals surface area contributed by atoms with Crippen LogP contribution >= 0.6 is 0 Å². The van der Waals surface area contributed by atoms with E-state index in [0.29, 0.717) is 6.42 Å². The number of nitrogens with zero attached hydrogens (tertiary/aromatic N) is 3. The monoisotopic (exact) mass is 261 g/mol. The van der Waals surface area contributed by atoms with Crippen LogP contribution in [-0.2, 0) is 12.8 Å². The van der Waals surface area contributed by atoms with Crippen molar-refractivity contribution in [1.29, 1.82) is 0 Å². The van der Waals surface area contributed by atoms with E-state index in [1.54, 1.807) is 12.1 Å². The van der Waals surface area contributed by atoms with E-state index >= 15 is 0 Å². The molecule has 3 rings (SSSR count). The molecule has 1 aromatic heterocycles. The van der Waals surface area contributed by atoms with Crippen molar-refractivity contribution in [2.24, 2.45) is 0 Å². The van der Waals surface area contributed by atoms with E-state index in [9.17, 15) is 9.50 Å². The zero-order chi connectivity index (χ0) is 13.2. The third-order valence-corrected chi connectivity index (χ3v) is 3.52. The predicted octanol–water partition coefficient (Wildman–Crippen LogP) is 1.88. The second-order valence-corrected chi connectivity index (χ2v) is 4.92. The van der Waals surface area contributed by atoms with Crippen LogP contribution in [0.1, 0.15) is 36.1 Å². The van der Waals surface area contributed by atoms with E-state index in [-0.39, 0.29) is 18.5 Å². The quantitative estimate of drug-likeness (QED) is 0.917. The van der Waals surface area contributed by atoms with Crippen LogP contribution in [-0.4, -0.2) is 26.5 Å². The van der Waals surface area contributed by atoms with Gasteiger partial charge in [-0.15, -0.1) is 0 Å². The topological polar surface area (TPSA) is 50.9 Å². The van der Waals surface area contributed by atoms with Gasteiger partial charge >= 0.3 is 0 Å². The van der Waals surface area contributed by atoms with Crippen LogP contribution in [0, 0.1) is 5.82 Å². The van der Waals surface area contributed by atoms with Gasteiger partial charge in [0.1, 0.15) is 11.6 Å². The van der Waals surface area contributed by atoms with Gasteiger partial charge in [-0.2, -0.15) is 5.10 Å². The largest absolute Gasteiger partial charge is 0.394 e. The Balaban J connectivity index is 1.82. The van der Waals surface area contributed by atoms with Crippen molar-refractivity contribution >= 4 is 0 Å². The highest BCUT2D eigenvalue weighted by atomic mass is 19.1. The molecule has 0 saturated carbocycles.